The number of benzene rings is 2. The number of hydrogen-bond acceptors (Lipinski definition) is 3. The van der Waals surface area contributed by atoms with E-state index in [0.717, 1.165) is 40.3 Å². The fourth-order valence-electron chi connectivity index (χ4n) is 3.57. The lowest BCUT2D eigenvalue weighted by atomic mass is 10.1. The van der Waals surface area contributed by atoms with Crippen LogP contribution in [0.5, 0.6) is 0 Å². The first-order valence-electron chi connectivity index (χ1n) is 10.2. The second-order valence-electron chi connectivity index (χ2n) is 7.43. The predicted molar refractivity (Wildman–Crippen MR) is 117 cm³/mol. The highest BCUT2D eigenvalue weighted by Crippen LogP contribution is 2.19. The lowest BCUT2D eigenvalue weighted by molar-refractivity contribution is -0.120. The molecule has 0 spiro atoms. The van der Waals surface area contributed by atoms with Crippen LogP contribution in [0.1, 0.15) is 22.5 Å². The molecule has 6 nitrogen and oxygen atoms in total. The van der Waals surface area contributed by atoms with Crippen LogP contribution in [0.3, 0.4) is 0 Å². The Hall–Kier alpha value is -3.74. The number of carbonyl (C=O) groups is 1. The van der Waals surface area contributed by atoms with Crippen LogP contribution >= 0.6 is 0 Å². The van der Waals surface area contributed by atoms with Crippen molar-refractivity contribution in [3.8, 4) is 11.4 Å². The molecule has 4 aromatic rings. The van der Waals surface area contributed by atoms with Crippen LogP contribution in [0, 0.1) is 19.7 Å². The Bertz CT molecular complexity index is 1160. The lowest BCUT2D eigenvalue weighted by Gasteiger charge is -2.08. The average Bonchev–Trinajstić information content (AvgIpc) is 3.40. The van der Waals surface area contributed by atoms with E-state index in [9.17, 15) is 9.18 Å². The van der Waals surface area contributed by atoms with Crippen molar-refractivity contribution in [2.24, 2.45) is 0 Å². The molecule has 0 atom stereocenters. The summed E-state index contributed by atoms with van der Waals surface area (Å²) in [6.45, 7) is 4.37. The number of nitrogens with zero attached hydrogens (tertiary/aromatic N) is 4. The van der Waals surface area contributed by atoms with Gasteiger partial charge in [0.1, 0.15) is 5.82 Å². The maximum atomic E-state index is 13.2. The van der Waals surface area contributed by atoms with Crippen LogP contribution in [-0.4, -0.2) is 32.0 Å². The minimum atomic E-state index is -0.291. The molecular weight excluding hydrogens is 393 g/mol. The Morgan fingerprint density at radius 3 is 2.42 bits per heavy atom. The SMILES string of the molecule is Cc1nn(-c2ccc(F)cc2)c(C)c1CC(=O)NCCc1ccc(-n2cccn2)cc1. The van der Waals surface area contributed by atoms with Gasteiger partial charge in [-0.2, -0.15) is 10.2 Å². The summed E-state index contributed by atoms with van der Waals surface area (Å²) >= 11 is 0. The first-order valence-corrected chi connectivity index (χ1v) is 10.2. The first kappa shape index (κ1) is 20.5. The van der Waals surface area contributed by atoms with Crippen LogP contribution in [-0.2, 0) is 17.6 Å². The van der Waals surface area contributed by atoms with Crippen molar-refractivity contribution in [3.63, 3.8) is 0 Å². The van der Waals surface area contributed by atoms with E-state index in [-0.39, 0.29) is 18.1 Å². The topological polar surface area (TPSA) is 64.7 Å². The van der Waals surface area contributed by atoms with E-state index >= 15 is 0 Å². The number of aromatic nitrogens is 4. The molecule has 0 aliphatic rings. The molecular formula is C24H24FN5O. The van der Waals surface area contributed by atoms with E-state index in [1.807, 2.05) is 55.1 Å². The maximum absolute atomic E-state index is 13.2. The number of aryl methyl sites for hydroxylation is 1. The fourth-order valence-corrected chi connectivity index (χ4v) is 3.57. The molecule has 1 amide bonds. The third-order valence-electron chi connectivity index (χ3n) is 5.29. The van der Waals surface area contributed by atoms with Gasteiger partial charge in [0.25, 0.3) is 0 Å². The number of nitrogens with one attached hydrogen (secondary N) is 1. The second-order valence-corrected chi connectivity index (χ2v) is 7.43. The van der Waals surface area contributed by atoms with Gasteiger partial charge in [-0.3, -0.25) is 4.79 Å². The molecule has 2 aromatic heterocycles. The molecule has 0 saturated heterocycles. The molecule has 31 heavy (non-hydrogen) atoms. The molecule has 0 aliphatic carbocycles. The van der Waals surface area contributed by atoms with Crippen molar-refractivity contribution in [2.45, 2.75) is 26.7 Å². The van der Waals surface area contributed by atoms with Gasteiger partial charge >= 0.3 is 0 Å². The van der Waals surface area contributed by atoms with Gasteiger partial charge in [-0.05, 0) is 68.3 Å². The molecule has 158 valence electrons. The van der Waals surface area contributed by atoms with Gasteiger partial charge in [-0.1, -0.05) is 12.1 Å². The molecule has 0 saturated carbocycles. The molecule has 0 fully saturated rings. The first-order chi connectivity index (χ1) is 15.0. The van der Waals surface area contributed by atoms with Gasteiger partial charge in [-0.15, -0.1) is 0 Å². The van der Waals surface area contributed by atoms with Crippen molar-refractivity contribution >= 4 is 5.91 Å². The van der Waals surface area contributed by atoms with E-state index in [1.54, 1.807) is 23.0 Å². The minimum absolute atomic E-state index is 0.0435. The number of carbonyl (C=O) groups excluding carboxylic acids is 1. The second kappa shape index (κ2) is 8.95. The Balaban J connectivity index is 1.33. The molecule has 0 unspecified atom stereocenters. The van der Waals surface area contributed by atoms with Gasteiger partial charge in [0.2, 0.25) is 5.91 Å². The van der Waals surface area contributed by atoms with Crippen molar-refractivity contribution in [3.05, 3.63) is 95.3 Å². The van der Waals surface area contributed by atoms with Crippen LogP contribution in [0.2, 0.25) is 0 Å². The molecule has 2 heterocycles. The van der Waals surface area contributed by atoms with Crippen LogP contribution in [0.4, 0.5) is 4.39 Å². The smallest absolute Gasteiger partial charge is 0.224 e. The number of amides is 1. The summed E-state index contributed by atoms with van der Waals surface area (Å²) in [6, 6.07) is 16.2. The molecule has 0 aliphatic heterocycles. The number of rotatable bonds is 7. The number of halogens is 1. The zero-order valence-corrected chi connectivity index (χ0v) is 17.5. The highest BCUT2D eigenvalue weighted by atomic mass is 19.1. The van der Waals surface area contributed by atoms with Gasteiger partial charge < -0.3 is 5.32 Å². The minimum Gasteiger partial charge on any atom is -0.355 e. The molecule has 0 radical (unpaired) electrons. The van der Waals surface area contributed by atoms with Gasteiger partial charge in [0.05, 0.1) is 23.5 Å². The van der Waals surface area contributed by atoms with E-state index < -0.39 is 0 Å². The summed E-state index contributed by atoms with van der Waals surface area (Å²) in [5.41, 5.74) is 5.49. The van der Waals surface area contributed by atoms with Gasteiger partial charge in [-0.25, -0.2) is 13.8 Å². The van der Waals surface area contributed by atoms with Crippen LogP contribution in [0.15, 0.2) is 67.0 Å². The summed E-state index contributed by atoms with van der Waals surface area (Å²) in [7, 11) is 0. The third-order valence-corrected chi connectivity index (χ3v) is 5.29. The molecule has 2 aromatic carbocycles. The molecule has 1 N–H and O–H groups in total. The molecule has 0 bridgehead atoms. The Morgan fingerprint density at radius 2 is 1.74 bits per heavy atom. The Morgan fingerprint density at radius 1 is 1.03 bits per heavy atom. The van der Waals surface area contributed by atoms with Gasteiger partial charge in [0, 0.05) is 30.2 Å². The molecule has 7 heteroatoms. The Kier molecular flexibility index (Phi) is 5.93. The summed E-state index contributed by atoms with van der Waals surface area (Å²) < 4.78 is 16.8. The number of hydrogen-bond donors (Lipinski definition) is 1. The lowest BCUT2D eigenvalue weighted by Crippen LogP contribution is -2.27. The highest BCUT2D eigenvalue weighted by molar-refractivity contribution is 5.79. The fraction of sp³-hybridized carbons (Fsp3) is 0.208. The molecule has 4 rings (SSSR count). The predicted octanol–water partition coefficient (Wildman–Crippen LogP) is 3.72. The summed E-state index contributed by atoms with van der Waals surface area (Å²) in [5.74, 6) is -0.334. The van der Waals surface area contributed by atoms with E-state index in [1.165, 1.54) is 12.1 Å². The largest absolute Gasteiger partial charge is 0.355 e. The quantitative estimate of drug-likeness (QED) is 0.499. The van der Waals surface area contributed by atoms with Crippen LogP contribution in [0.25, 0.3) is 11.4 Å². The third kappa shape index (κ3) is 4.71. The normalized spacial score (nSPS) is 10.9. The standard InChI is InChI=1S/C24H24FN5O/c1-17-23(18(2)30(28-17)22-10-6-20(25)7-11-22)16-24(31)26-14-12-19-4-8-21(9-5-19)29-15-3-13-27-29/h3-11,13,15H,12,14,16H2,1-2H3,(H,26,31). The average molecular weight is 417 g/mol. The van der Waals surface area contributed by atoms with Crippen molar-refractivity contribution in [1.82, 2.24) is 24.9 Å². The Labute approximate surface area is 180 Å². The van der Waals surface area contributed by atoms with Crippen molar-refractivity contribution in [1.29, 1.82) is 0 Å². The van der Waals surface area contributed by atoms with E-state index in [4.69, 9.17) is 0 Å². The van der Waals surface area contributed by atoms with E-state index in [2.05, 4.69) is 15.5 Å². The summed E-state index contributed by atoms with van der Waals surface area (Å²) in [6.07, 6.45) is 4.66. The van der Waals surface area contributed by atoms with Gasteiger partial charge in [0.15, 0.2) is 0 Å². The van der Waals surface area contributed by atoms with Crippen molar-refractivity contribution in [2.75, 3.05) is 6.54 Å². The zero-order valence-electron chi connectivity index (χ0n) is 17.5. The highest BCUT2D eigenvalue weighted by Gasteiger charge is 2.16. The summed E-state index contributed by atoms with van der Waals surface area (Å²) in [5, 5.41) is 11.7. The van der Waals surface area contributed by atoms with Crippen LogP contribution < -0.4 is 5.32 Å². The maximum Gasteiger partial charge on any atom is 0.224 e. The van der Waals surface area contributed by atoms with E-state index in [0.29, 0.717) is 6.54 Å². The zero-order chi connectivity index (χ0) is 21.8. The summed E-state index contributed by atoms with van der Waals surface area (Å²) in [4.78, 5) is 12.5. The van der Waals surface area contributed by atoms with Crippen molar-refractivity contribution < 1.29 is 9.18 Å². The monoisotopic (exact) mass is 417 g/mol.